The molecule has 1 fully saturated rings. The van der Waals surface area contributed by atoms with E-state index in [2.05, 4.69) is 5.32 Å². The molecule has 16 heavy (non-hydrogen) atoms. The van der Waals surface area contributed by atoms with Crippen LogP contribution in [0.25, 0.3) is 0 Å². The molecule has 0 spiro atoms. The van der Waals surface area contributed by atoms with E-state index >= 15 is 0 Å². The quantitative estimate of drug-likeness (QED) is 0.763. The summed E-state index contributed by atoms with van der Waals surface area (Å²) < 4.78 is 5.62. The van der Waals surface area contributed by atoms with Gasteiger partial charge in [-0.2, -0.15) is 0 Å². The summed E-state index contributed by atoms with van der Waals surface area (Å²) in [5.41, 5.74) is 0. The SMILES string of the molecule is CC(CC(=O)N(C)C)NCC1CCCCO1. The van der Waals surface area contributed by atoms with E-state index in [1.807, 2.05) is 6.92 Å². The number of carbonyl (C=O) groups excluding carboxylic acids is 1. The lowest BCUT2D eigenvalue weighted by Crippen LogP contribution is -2.39. The average Bonchev–Trinajstić information content (AvgIpc) is 2.27. The lowest BCUT2D eigenvalue weighted by atomic mass is 10.1. The van der Waals surface area contributed by atoms with Crippen LogP contribution in [0.3, 0.4) is 0 Å². The Balaban J connectivity index is 2.13. The molecule has 1 N–H and O–H groups in total. The topological polar surface area (TPSA) is 41.6 Å². The zero-order valence-corrected chi connectivity index (χ0v) is 10.7. The summed E-state index contributed by atoms with van der Waals surface area (Å²) in [6, 6.07) is 0.223. The van der Waals surface area contributed by atoms with Crippen molar-refractivity contribution in [1.82, 2.24) is 10.2 Å². The summed E-state index contributed by atoms with van der Waals surface area (Å²) in [7, 11) is 3.58. The molecule has 0 aliphatic carbocycles. The van der Waals surface area contributed by atoms with Gasteiger partial charge in [0.1, 0.15) is 0 Å². The molecule has 94 valence electrons. The van der Waals surface area contributed by atoms with Gasteiger partial charge in [-0.05, 0) is 26.2 Å². The molecular formula is C12H24N2O2. The molecule has 1 saturated heterocycles. The van der Waals surface area contributed by atoms with Crippen molar-refractivity contribution in [2.75, 3.05) is 27.2 Å². The van der Waals surface area contributed by atoms with Crippen LogP contribution in [0.5, 0.6) is 0 Å². The summed E-state index contributed by atoms with van der Waals surface area (Å²) in [5.74, 6) is 0.171. The van der Waals surface area contributed by atoms with E-state index in [0.29, 0.717) is 12.5 Å². The molecule has 0 saturated carbocycles. The maximum Gasteiger partial charge on any atom is 0.223 e. The standard InChI is InChI=1S/C12H24N2O2/c1-10(8-12(15)14(2)3)13-9-11-6-4-5-7-16-11/h10-11,13H,4-9H2,1-3H3. The van der Waals surface area contributed by atoms with Crippen LogP contribution in [0.4, 0.5) is 0 Å². The highest BCUT2D eigenvalue weighted by molar-refractivity contribution is 5.76. The Morgan fingerprint density at radius 2 is 2.25 bits per heavy atom. The third kappa shape index (κ3) is 4.94. The highest BCUT2D eigenvalue weighted by Gasteiger charge is 2.16. The Morgan fingerprint density at radius 3 is 2.81 bits per heavy atom. The van der Waals surface area contributed by atoms with E-state index in [1.165, 1.54) is 12.8 Å². The molecular weight excluding hydrogens is 204 g/mol. The number of rotatable bonds is 5. The van der Waals surface area contributed by atoms with Crippen molar-refractivity contribution in [3.8, 4) is 0 Å². The summed E-state index contributed by atoms with van der Waals surface area (Å²) >= 11 is 0. The van der Waals surface area contributed by atoms with Gasteiger partial charge < -0.3 is 15.0 Å². The van der Waals surface area contributed by atoms with E-state index in [-0.39, 0.29) is 11.9 Å². The number of hydrogen-bond acceptors (Lipinski definition) is 3. The van der Waals surface area contributed by atoms with Crippen LogP contribution in [0.2, 0.25) is 0 Å². The number of carbonyl (C=O) groups is 1. The molecule has 1 aliphatic rings. The molecule has 0 radical (unpaired) electrons. The fraction of sp³-hybridized carbons (Fsp3) is 0.917. The van der Waals surface area contributed by atoms with Crippen molar-refractivity contribution in [1.29, 1.82) is 0 Å². The number of amides is 1. The van der Waals surface area contributed by atoms with Crippen LogP contribution in [0.15, 0.2) is 0 Å². The average molecular weight is 228 g/mol. The Labute approximate surface area is 98.3 Å². The van der Waals surface area contributed by atoms with E-state index in [1.54, 1.807) is 19.0 Å². The van der Waals surface area contributed by atoms with Gasteiger partial charge in [0.15, 0.2) is 0 Å². The molecule has 0 bridgehead atoms. The minimum Gasteiger partial charge on any atom is -0.377 e. The Kier molecular flexibility index (Phi) is 5.77. The first kappa shape index (κ1) is 13.5. The minimum atomic E-state index is 0.171. The number of nitrogens with zero attached hydrogens (tertiary/aromatic N) is 1. The van der Waals surface area contributed by atoms with Gasteiger partial charge in [0.25, 0.3) is 0 Å². The van der Waals surface area contributed by atoms with Crippen LogP contribution >= 0.6 is 0 Å². The van der Waals surface area contributed by atoms with E-state index in [0.717, 1.165) is 19.6 Å². The first-order valence-electron chi connectivity index (χ1n) is 6.14. The molecule has 0 aromatic heterocycles. The first-order valence-corrected chi connectivity index (χ1v) is 6.14. The zero-order valence-electron chi connectivity index (χ0n) is 10.7. The maximum absolute atomic E-state index is 11.5. The van der Waals surface area contributed by atoms with Crippen molar-refractivity contribution in [3.63, 3.8) is 0 Å². The monoisotopic (exact) mass is 228 g/mol. The fourth-order valence-corrected chi connectivity index (χ4v) is 1.82. The van der Waals surface area contributed by atoms with Crippen LogP contribution in [0, 0.1) is 0 Å². The van der Waals surface area contributed by atoms with Gasteiger partial charge in [0.05, 0.1) is 6.10 Å². The fourth-order valence-electron chi connectivity index (χ4n) is 1.82. The van der Waals surface area contributed by atoms with E-state index < -0.39 is 0 Å². The second-order valence-electron chi connectivity index (χ2n) is 4.79. The first-order chi connectivity index (χ1) is 7.59. The van der Waals surface area contributed by atoms with Gasteiger partial charge in [0.2, 0.25) is 5.91 Å². The largest absolute Gasteiger partial charge is 0.377 e. The number of nitrogens with one attached hydrogen (secondary N) is 1. The summed E-state index contributed by atoms with van der Waals surface area (Å²) in [6.07, 6.45) is 4.48. The zero-order chi connectivity index (χ0) is 12.0. The number of ether oxygens (including phenoxy) is 1. The van der Waals surface area contributed by atoms with Gasteiger partial charge in [-0.15, -0.1) is 0 Å². The maximum atomic E-state index is 11.5. The smallest absolute Gasteiger partial charge is 0.223 e. The number of hydrogen-bond donors (Lipinski definition) is 1. The third-order valence-electron chi connectivity index (χ3n) is 2.95. The van der Waals surface area contributed by atoms with Crippen LogP contribution in [-0.4, -0.2) is 50.2 Å². The van der Waals surface area contributed by atoms with Gasteiger partial charge >= 0.3 is 0 Å². The molecule has 2 unspecified atom stereocenters. The lowest BCUT2D eigenvalue weighted by molar-refractivity contribution is -0.129. The molecule has 1 rings (SSSR count). The van der Waals surface area contributed by atoms with Crippen LogP contribution in [-0.2, 0) is 9.53 Å². The van der Waals surface area contributed by atoms with E-state index in [4.69, 9.17) is 4.74 Å². The molecule has 4 nitrogen and oxygen atoms in total. The summed E-state index contributed by atoms with van der Waals surface area (Å²) in [4.78, 5) is 13.1. The Bertz CT molecular complexity index is 213. The predicted molar refractivity (Wildman–Crippen MR) is 64.4 cm³/mol. The predicted octanol–water partition coefficient (Wildman–Crippen LogP) is 1.01. The summed E-state index contributed by atoms with van der Waals surface area (Å²) in [5, 5.41) is 3.37. The van der Waals surface area contributed by atoms with E-state index in [9.17, 15) is 4.79 Å². The van der Waals surface area contributed by atoms with Gasteiger partial charge in [-0.25, -0.2) is 0 Å². The highest BCUT2D eigenvalue weighted by atomic mass is 16.5. The lowest BCUT2D eigenvalue weighted by Gasteiger charge is -2.25. The second kappa shape index (κ2) is 6.86. The van der Waals surface area contributed by atoms with Crippen molar-refractivity contribution in [3.05, 3.63) is 0 Å². The Morgan fingerprint density at radius 1 is 1.50 bits per heavy atom. The molecule has 1 aliphatic heterocycles. The van der Waals surface area contributed by atoms with Gasteiger partial charge in [-0.1, -0.05) is 0 Å². The Hall–Kier alpha value is -0.610. The highest BCUT2D eigenvalue weighted by Crippen LogP contribution is 2.11. The van der Waals surface area contributed by atoms with Gasteiger partial charge in [0, 0.05) is 39.7 Å². The van der Waals surface area contributed by atoms with Crippen molar-refractivity contribution >= 4 is 5.91 Å². The third-order valence-corrected chi connectivity index (χ3v) is 2.95. The molecule has 4 heteroatoms. The van der Waals surface area contributed by atoms with Crippen LogP contribution < -0.4 is 5.32 Å². The molecule has 0 aromatic rings. The van der Waals surface area contributed by atoms with Crippen molar-refractivity contribution < 1.29 is 9.53 Å². The normalized spacial score (nSPS) is 22.8. The molecule has 2 atom stereocenters. The second-order valence-corrected chi connectivity index (χ2v) is 4.79. The molecule has 0 aromatic carbocycles. The summed E-state index contributed by atoms with van der Waals surface area (Å²) in [6.45, 7) is 3.80. The minimum absolute atomic E-state index is 0.171. The van der Waals surface area contributed by atoms with Gasteiger partial charge in [-0.3, -0.25) is 4.79 Å². The van der Waals surface area contributed by atoms with Crippen molar-refractivity contribution in [2.24, 2.45) is 0 Å². The van der Waals surface area contributed by atoms with Crippen molar-refractivity contribution in [2.45, 2.75) is 44.8 Å². The molecule has 1 heterocycles. The molecule has 1 amide bonds. The van der Waals surface area contributed by atoms with Crippen LogP contribution in [0.1, 0.15) is 32.6 Å².